The van der Waals surface area contributed by atoms with Crippen LogP contribution in [0.4, 0.5) is 14.5 Å². The van der Waals surface area contributed by atoms with Gasteiger partial charge in [0.25, 0.3) is 0 Å². The fourth-order valence-electron chi connectivity index (χ4n) is 2.68. The molecule has 0 atom stereocenters. The largest absolute Gasteiger partial charge is 0.493 e. The van der Waals surface area contributed by atoms with E-state index in [4.69, 9.17) is 9.47 Å². The molecule has 0 spiro atoms. The van der Waals surface area contributed by atoms with Crippen molar-refractivity contribution in [1.82, 2.24) is 4.98 Å². The number of carbonyl (C=O) groups excluding carboxylic acids is 1. The second-order valence-electron chi connectivity index (χ2n) is 6.25. The Morgan fingerprint density at radius 2 is 1.94 bits per heavy atom. The maximum atomic E-state index is 12.5. The molecule has 1 aromatic heterocycles. The van der Waals surface area contributed by atoms with E-state index in [0.717, 1.165) is 5.56 Å². The molecule has 1 amide bonds. The standard InChI is InChI=1S/C23H20F2N2O4/c1-29-20-10-9-18(13-21(20)30-15-16-5-4-12-26-14-16)27-22(28)11-8-17-6-2-3-7-19(17)31-23(24)25/h2-14,23H,15H2,1H3,(H,27,28). The fraction of sp³-hybridized carbons (Fsp3) is 0.130. The highest BCUT2D eigenvalue weighted by molar-refractivity contribution is 6.02. The minimum absolute atomic E-state index is 0.0166. The number of carbonyl (C=O) groups is 1. The lowest BCUT2D eigenvalue weighted by molar-refractivity contribution is -0.111. The number of methoxy groups -OCH3 is 1. The van der Waals surface area contributed by atoms with Gasteiger partial charge in [0.1, 0.15) is 12.4 Å². The number of para-hydroxylation sites is 1. The summed E-state index contributed by atoms with van der Waals surface area (Å²) in [7, 11) is 1.52. The first-order chi connectivity index (χ1) is 15.0. The average Bonchev–Trinajstić information content (AvgIpc) is 2.77. The molecule has 160 valence electrons. The normalized spacial score (nSPS) is 10.8. The molecule has 0 aliphatic rings. The molecule has 1 N–H and O–H groups in total. The average molecular weight is 426 g/mol. The van der Waals surface area contributed by atoms with Gasteiger partial charge in [0.05, 0.1) is 7.11 Å². The van der Waals surface area contributed by atoms with E-state index in [9.17, 15) is 13.6 Å². The number of rotatable bonds is 9. The van der Waals surface area contributed by atoms with E-state index in [1.54, 1.807) is 48.8 Å². The number of nitrogens with one attached hydrogen (secondary N) is 1. The lowest BCUT2D eigenvalue weighted by Gasteiger charge is -2.12. The quantitative estimate of drug-likeness (QED) is 0.492. The maximum absolute atomic E-state index is 12.5. The third-order valence-electron chi connectivity index (χ3n) is 4.10. The van der Waals surface area contributed by atoms with E-state index in [1.807, 2.05) is 12.1 Å². The number of alkyl halides is 2. The monoisotopic (exact) mass is 426 g/mol. The van der Waals surface area contributed by atoms with Gasteiger partial charge in [0, 0.05) is 41.4 Å². The Balaban J connectivity index is 1.68. The molecule has 0 radical (unpaired) electrons. The predicted molar refractivity (Wildman–Crippen MR) is 112 cm³/mol. The van der Waals surface area contributed by atoms with Crippen LogP contribution >= 0.6 is 0 Å². The summed E-state index contributed by atoms with van der Waals surface area (Å²) < 4.78 is 40.6. The zero-order valence-electron chi connectivity index (χ0n) is 16.6. The second kappa shape index (κ2) is 10.7. The van der Waals surface area contributed by atoms with Gasteiger partial charge in [-0.3, -0.25) is 9.78 Å². The van der Waals surface area contributed by atoms with E-state index < -0.39 is 12.5 Å². The van der Waals surface area contributed by atoms with E-state index in [0.29, 0.717) is 22.7 Å². The number of amides is 1. The molecule has 1 heterocycles. The van der Waals surface area contributed by atoms with Crippen LogP contribution in [0.2, 0.25) is 0 Å². The third-order valence-corrected chi connectivity index (χ3v) is 4.10. The lowest BCUT2D eigenvalue weighted by Crippen LogP contribution is -2.08. The highest BCUT2D eigenvalue weighted by Crippen LogP contribution is 2.31. The van der Waals surface area contributed by atoms with Crippen molar-refractivity contribution >= 4 is 17.7 Å². The number of hydrogen-bond acceptors (Lipinski definition) is 5. The van der Waals surface area contributed by atoms with Crippen LogP contribution in [0.1, 0.15) is 11.1 Å². The van der Waals surface area contributed by atoms with Crippen molar-refractivity contribution in [3.63, 3.8) is 0 Å². The van der Waals surface area contributed by atoms with E-state index >= 15 is 0 Å². The van der Waals surface area contributed by atoms with Gasteiger partial charge in [-0.2, -0.15) is 8.78 Å². The van der Waals surface area contributed by atoms with Crippen LogP contribution in [-0.2, 0) is 11.4 Å². The first-order valence-electron chi connectivity index (χ1n) is 9.28. The number of pyridine rings is 1. The topological polar surface area (TPSA) is 69.7 Å². The fourth-order valence-corrected chi connectivity index (χ4v) is 2.68. The Morgan fingerprint density at radius 1 is 1.10 bits per heavy atom. The number of anilines is 1. The molecule has 0 unspecified atom stereocenters. The van der Waals surface area contributed by atoms with Gasteiger partial charge < -0.3 is 19.5 Å². The van der Waals surface area contributed by atoms with Gasteiger partial charge in [-0.05, 0) is 30.3 Å². The minimum Gasteiger partial charge on any atom is -0.493 e. The Bertz CT molecular complexity index is 1040. The highest BCUT2D eigenvalue weighted by Gasteiger charge is 2.09. The summed E-state index contributed by atoms with van der Waals surface area (Å²) in [4.78, 5) is 16.3. The van der Waals surface area contributed by atoms with Gasteiger partial charge in [-0.25, -0.2) is 0 Å². The van der Waals surface area contributed by atoms with Crippen LogP contribution in [0.15, 0.2) is 73.1 Å². The summed E-state index contributed by atoms with van der Waals surface area (Å²) in [5.41, 5.74) is 1.72. The molecule has 0 fully saturated rings. The Kier molecular flexibility index (Phi) is 7.53. The molecule has 0 saturated carbocycles. The zero-order valence-corrected chi connectivity index (χ0v) is 16.6. The molecule has 0 aliphatic carbocycles. The summed E-state index contributed by atoms with van der Waals surface area (Å²) >= 11 is 0. The summed E-state index contributed by atoms with van der Waals surface area (Å²) in [6.07, 6.45) is 5.99. The molecule has 0 bridgehead atoms. The van der Waals surface area contributed by atoms with Crippen molar-refractivity contribution in [3.8, 4) is 17.2 Å². The molecule has 0 saturated heterocycles. The van der Waals surface area contributed by atoms with E-state index in [1.165, 1.54) is 25.3 Å². The molecule has 0 aliphatic heterocycles. The first-order valence-corrected chi connectivity index (χ1v) is 9.28. The van der Waals surface area contributed by atoms with Crippen LogP contribution in [-0.4, -0.2) is 24.6 Å². The zero-order chi connectivity index (χ0) is 22.1. The van der Waals surface area contributed by atoms with Crippen molar-refractivity contribution < 1.29 is 27.8 Å². The Morgan fingerprint density at radius 3 is 2.68 bits per heavy atom. The third kappa shape index (κ3) is 6.53. The van der Waals surface area contributed by atoms with Gasteiger partial charge in [-0.15, -0.1) is 0 Å². The SMILES string of the molecule is COc1ccc(NC(=O)C=Cc2ccccc2OC(F)F)cc1OCc1cccnc1. The molecule has 2 aromatic carbocycles. The number of benzene rings is 2. The van der Waals surface area contributed by atoms with Crippen molar-refractivity contribution in [2.75, 3.05) is 12.4 Å². The van der Waals surface area contributed by atoms with Gasteiger partial charge in [0.2, 0.25) is 5.91 Å². The number of aromatic nitrogens is 1. The second-order valence-corrected chi connectivity index (χ2v) is 6.25. The first kappa shape index (κ1) is 21.8. The van der Waals surface area contributed by atoms with Crippen molar-refractivity contribution in [3.05, 3.63) is 84.2 Å². The Labute approximate surface area is 178 Å². The Hall–Kier alpha value is -3.94. The molecular formula is C23H20F2N2O4. The van der Waals surface area contributed by atoms with Gasteiger partial charge >= 0.3 is 6.61 Å². The van der Waals surface area contributed by atoms with Crippen LogP contribution in [0.3, 0.4) is 0 Å². The molecular weight excluding hydrogens is 406 g/mol. The molecule has 3 rings (SSSR count). The van der Waals surface area contributed by atoms with Crippen LogP contribution < -0.4 is 19.5 Å². The van der Waals surface area contributed by atoms with Gasteiger partial charge in [-0.1, -0.05) is 24.3 Å². The van der Waals surface area contributed by atoms with Crippen molar-refractivity contribution in [1.29, 1.82) is 0 Å². The summed E-state index contributed by atoms with van der Waals surface area (Å²) in [6, 6.07) is 14.9. The summed E-state index contributed by atoms with van der Waals surface area (Å²) in [6.45, 7) is -2.67. The molecule has 3 aromatic rings. The van der Waals surface area contributed by atoms with Crippen molar-refractivity contribution in [2.45, 2.75) is 13.2 Å². The lowest BCUT2D eigenvalue weighted by atomic mass is 10.2. The van der Waals surface area contributed by atoms with Crippen molar-refractivity contribution in [2.24, 2.45) is 0 Å². The maximum Gasteiger partial charge on any atom is 0.387 e. The van der Waals surface area contributed by atoms with E-state index in [2.05, 4.69) is 15.0 Å². The van der Waals surface area contributed by atoms with Crippen LogP contribution in [0.5, 0.6) is 17.2 Å². The number of hydrogen-bond donors (Lipinski definition) is 1. The minimum atomic E-state index is -2.95. The summed E-state index contributed by atoms with van der Waals surface area (Å²) in [5, 5.41) is 2.70. The smallest absolute Gasteiger partial charge is 0.387 e. The van der Waals surface area contributed by atoms with Gasteiger partial charge in [0.15, 0.2) is 11.5 Å². The highest BCUT2D eigenvalue weighted by atomic mass is 19.3. The number of halogens is 2. The number of ether oxygens (including phenoxy) is 3. The predicted octanol–water partition coefficient (Wildman–Crippen LogP) is 4.92. The van der Waals surface area contributed by atoms with Crippen LogP contribution in [0, 0.1) is 0 Å². The number of nitrogens with zero attached hydrogens (tertiary/aromatic N) is 1. The summed E-state index contributed by atoms with van der Waals surface area (Å²) in [5.74, 6) is 0.492. The molecule has 8 heteroatoms. The molecule has 31 heavy (non-hydrogen) atoms. The van der Waals surface area contributed by atoms with E-state index in [-0.39, 0.29) is 12.4 Å². The van der Waals surface area contributed by atoms with Crippen LogP contribution in [0.25, 0.3) is 6.08 Å². The molecule has 6 nitrogen and oxygen atoms in total.